The number of aliphatic hydroxyl groups is 1. The van der Waals surface area contributed by atoms with Crippen LogP contribution in [-0.2, 0) is 10.0 Å². The lowest BCUT2D eigenvalue weighted by atomic mass is 9.95. The van der Waals surface area contributed by atoms with Crippen molar-refractivity contribution in [1.29, 1.82) is 0 Å². The van der Waals surface area contributed by atoms with Gasteiger partial charge in [0, 0.05) is 0 Å². The highest BCUT2D eigenvalue weighted by Crippen LogP contribution is 2.26. The minimum absolute atomic E-state index is 0.0124. The largest absolute Gasteiger partial charge is 0.378 e. The molecule has 2 rings (SSSR count). The molecule has 1 fully saturated rings. The lowest BCUT2D eigenvalue weighted by Gasteiger charge is -2.19. The molecule has 1 saturated carbocycles. The van der Waals surface area contributed by atoms with Gasteiger partial charge < -0.3 is 5.11 Å². The van der Waals surface area contributed by atoms with Gasteiger partial charge in [0.1, 0.15) is 5.60 Å². The van der Waals surface area contributed by atoms with Crippen molar-refractivity contribution in [2.45, 2.75) is 55.9 Å². The zero-order valence-corrected chi connectivity index (χ0v) is 13.7. The molecule has 0 aromatic heterocycles. The van der Waals surface area contributed by atoms with Gasteiger partial charge >= 0.3 is 0 Å². The Balaban J connectivity index is 1.95. The number of nitrogens with one attached hydrogen (secondary N) is 1. The molecule has 5 heteroatoms. The molecule has 0 bridgehead atoms. The van der Waals surface area contributed by atoms with Crippen LogP contribution >= 0.6 is 0 Å². The number of benzene rings is 1. The molecule has 1 aromatic carbocycles. The molecule has 1 aromatic rings. The minimum atomic E-state index is -3.54. The van der Waals surface area contributed by atoms with Crippen molar-refractivity contribution >= 4 is 10.0 Å². The summed E-state index contributed by atoms with van der Waals surface area (Å²) in [4.78, 5) is 0.230. The third-order valence-electron chi connectivity index (χ3n) is 3.93. The standard InChI is InChI=1S/C17H23NO3S/c1-15-7-9-16(10-8-15)22(20,21)18-14-6-13-17(19)11-4-2-3-5-12-17/h7-10,18-19H,2-5,11-12,14H2,1H3. The van der Waals surface area contributed by atoms with Crippen molar-refractivity contribution < 1.29 is 13.5 Å². The average Bonchev–Trinajstić information content (AvgIpc) is 2.69. The fraction of sp³-hybridized carbons (Fsp3) is 0.529. The molecule has 0 unspecified atom stereocenters. The van der Waals surface area contributed by atoms with Crippen LogP contribution < -0.4 is 4.72 Å². The van der Waals surface area contributed by atoms with Crippen molar-refractivity contribution in [3.05, 3.63) is 29.8 Å². The second-order valence-electron chi connectivity index (χ2n) is 5.89. The Morgan fingerprint density at radius 3 is 2.32 bits per heavy atom. The fourth-order valence-electron chi connectivity index (χ4n) is 2.58. The maximum Gasteiger partial charge on any atom is 0.241 e. The zero-order chi connectivity index (χ0) is 16.1. The van der Waals surface area contributed by atoms with Gasteiger partial charge in [0.2, 0.25) is 10.0 Å². The summed E-state index contributed by atoms with van der Waals surface area (Å²) in [6.45, 7) is 1.92. The number of rotatable bonds is 3. The first-order valence-corrected chi connectivity index (χ1v) is 9.18. The van der Waals surface area contributed by atoms with Gasteiger partial charge in [-0.15, -0.1) is 0 Å². The van der Waals surface area contributed by atoms with Gasteiger partial charge in [0.25, 0.3) is 0 Å². The molecule has 0 atom stereocenters. The van der Waals surface area contributed by atoms with E-state index in [1.54, 1.807) is 24.3 Å². The van der Waals surface area contributed by atoms with Crippen LogP contribution in [0.15, 0.2) is 29.2 Å². The third kappa shape index (κ3) is 4.84. The van der Waals surface area contributed by atoms with Gasteiger partial charge in [-0.1, -0.05) is 42.4 Å². The van der Waals surface area contributed by atoms with Gasteiger partial charge in [-0.05, 0) is 44.7 Å². The summed E-state index contributed by atoms with van der Waals surface area (Å²) < 4.78 is 26.6. The van der Waals surface area contributed by atoms with Gasteiger partial charge in [-0.2, -0.15) is 4.72 Å². The van der Waals surface area contributed by atoms with Gasteiger partial charge in [0.15, 0.2) is 0 Å². The fourth-order valence-corrected chi connectivity index (χ4v) is 3.50. The number of hydrogen-bond donors (Lipinski definition) is 2. The lowest BCUT2D eigenvalue weighted by Crippen LogP contribution is -2.27. The van der Waals surface area contributed by atoms with E-state index in [1.165, 1.54) is 0 Å². The van der Waals surface area contributed by atoms with E-state index in [0.29, 0.717) is 12.8 Å². The molecule has 0 radical (unpaired) electrons. The van der Waals surface area contributed by atoms with E-state index in [4.69, 9.17) is 0 Å². The van der Waals surface area contributed by atoms with Crippen molar-refractivity contribution in [3.63, 3.8) is 0 Å². The highest BCUT2D eigenvalue weighted by atomic mass is 32.2. The highest BCUT2D eigenvalue weighted by molar-refractivity contribution is 7.89. The van der Waals surface area contributed by atoms with Crippen LogP contribution in [0.1, 0.15) is 44.1 Å². The molecule has 1 aliphatic carbocycles. The Hall–Kier alpha value is -1.35. The zero-order valence-electron chi connectivity index (χ0n) is 12.9. The molecule has 0 aliphatic heterocycles. The summed E-state index contributed by atoms with van der Waals surface area (Å²) in [5.74, 6) is 5.62. The summed E-state index contributed by atoms with van der Waals surface area (Å²) in [5.41, 5.74) is 0.0561. The van der Waals surface area contributed by atoms with E-state index in [2.05, 4.69) is 16.6 Å². The Bertz CT molecular complexity index is 645. The molecule has 2 N–H and O–H groups in total. The summed E-state index contributed by atoms with van der Waals surface area (Å²) >= 11 is 0. The summed E-state index contributed by atoms with van der Waals surface area (Å²) in [6, 6.07) is 6.66. The van der Waals surface area contributed by atoms with Crippen LogP contribution in [0, 0.1) is 18.8 Å². The number of hydrogen-bond acceptors (Lipinski definition) is 3. The van der Waals surface area contributed by atoms with Crippen LogP contribution in [-0.4, -0.2) is 25.7 Å². The summed E-state index contributed by atoms with van der Waals surface area (Å²) in [7, 11) is -3.54. The van der Waals surface area contributed by atoms with Crippen molar-refractivity contribution in [2.75, 3.05) is 6.54 Å². The van der Waals surface area contributed by atoms with Crippen LogP contribution in [0.5, 0.6) is 0 Å². The monoisotopic (exact) mass is 321 g/mol. The molecule has 1 aliphatic rings. The molecule has 0 spiro atoms. The predicted octanol–water partition coefficient (Wildman–Crippen LogP) is 2.36. The minimum Gasteiger partial charge on any atom is -0.378 e. The van der Waals surface area contributed by atoms with Crippen LogP contribution in [0.2, 0.25) is 0 Å². The van der Waals surface area contributed by atoms with E-state index in [-0.39, 0.29) is 11.4 Å². The van der Waals surface area contributed by atoms with Gasteiger partial charge in [-0.3, -0.25) is 0 Å². The first-order valence-electron chi connectivity index (χ1n) is 7.70. The maximum absolute atomic E-state index is 12.1. The van der Waals surface area contributed by atoms with E-state index < -0.39 is 15.6 Å². The highest BCUT2D eigenvalue weighted by Gasteiger charge is 2.25. The lowest BCUT2D eigenvalue weighted by molar-refractivity contribution is 0.0848. The number of aryl methyl sites for hydroxylation is 1. The molecule has 120 valence electrons. The van der Waals surface area contributed by atoms with Crippen molar-refractivity contribution in [1.82, 2.24) is 4.72 Å². The molecular weight excluding hydrogens is 298 g/mol. The van der Waals surface area contributed by atoms with Crippen LogP contribution in [0.3, 0.4) is 0 Å². The summed E-state index contributed by atoms with van der Waals surface area (Å²) in [6.07, 6.45) is 5.55. The normalized spacial score (nSPS) is 18.1. The molecule has 0 heterocycles. The summed E-state index contributed by atoms with van der Waals surface area (Å²) in [5, 5.41) is 10.4. The van der Waals surface area contributed by atoms with Crippen LogP contribution in [0.4, 0.5) is 0 Å². The second-order valence-corrected chi connectivity index (χ2v) is 7.65. The van der Waals surface area contributed by atoms with Gasteiger partial charge in [0.05, 0.1) is 11.4 Å². The molecule has 22 heavy (non-hydrogen) atoms. The third-order valence-corrected chi connectivity index (χ3v) is 5.35. The van der Waals surface area contributed by atoms with E-state index >= 15 is 0 Å². The van der Waals surface area contributed by atoms with E-state index in [9.17, 15) is 13.5 Å². The Morgan fingerprint density at radius 1 is 1.14 bits per heavy atom. The SMILES string of the molecule is Cc1ccc(S(=O)(=O)NCC#CC2(O)CCCCCC2)cc1. The average molecular weight is 321 g/mol. The van der Waals surface area contributed by atoms with Gasteiger partial charge in [-0.25, -0.2) is 8.42 Å². The Kier molecular flexibility index (Phi) is 5.63. The quantitative estimate of drug-likeness (QED) is 0.663. The first-order chi connectivity index (χ1) is 10.4. The van der Waals surface area contributed by atoms with E-state index in [1.807, 2.05) is 6.92 Å². The molecule has 0 amide bonds. The van der Waals surface area contributed by atoms with E-state index in [0.717, 1.165) is 31.2 Å². The first kappa shape index (κ1) is 17.0. The van der Waals surface area contributed by atoms with Crippen molar-refractivity contribution in [2.24, 2.45) is 0 Å². The number of sulfonamides is 1. The molecule has 0 saturated heterocycles. The molecular formula is C17H23NO3S. The Morgan fingerprint density at radius 2 is 1.73 bits per heavy atom. The second kappa shape index (κ2) is 7.28. The Labute approximate surface area is 133 Å². The molecule has 4 nitrogen and oxygen atoms in total. The topological polar surface area (TPSA) is 66.4 Å². The van der Waals surface area contributed by atoms with Crippen molar-refractivity contribution in [3.8, 4) is 11.8 Å². The smallest absolute Gasteiger partial charge is 0.241 e. The van der Waals surface area contributed by atoms with Crippen LogP contribution in [0.25, 0.3) is 0 Å². The maximum atomic E-state index is 12.1. The predicted molar refractivity (Wildman–Crippen MR) is 86.8 cm³/mol.